The number of piperidine rings is 1. The van der Waals surface area contributed by atoms with E-state index in [9.17, 15) is 14.3 Å². The largest absolute Gasteiger partial charge is 0.487 e. The molecule has 3 heterocycles. The smallest absolute Gasteiger partial charge is 0.273 e. The first kappa shape index (κ1) is 31.2. The molecule has 3 N–H and O–H groups in total. The lowest BCUT2D eigenvalue weighted by Crippen LogP contribution is -2.52. The molecule has 10 heteroatoms. The fourth-order valence-electron chi connectivity index (χ4n) is 6.64. The third-order valence-corrected chi connectivity index (χ3v) is 9.81. The van der Waals surface area contributed by atoms with E-state index in [1.54, 1.807) is 0 Å². The van der Waals surface area contributed by atoms with E-state index in [0.717, 1.165) is 78.8 Å². The van der Waals surface area contributed by atoms with Crippen LogP contribution in [0.1, 0.15) is 78.2 Å². The minimum absolute atomic E-state index is 0.0132. The van der Waals surface area contributed by atoms with Crippen molar-refractivity contribution in [1.82, 2.24) is 20.5 Å². The zero-order valence-corrected chi connectivity index (χ0v) is 26.2. The quantitative estimate of drug-likeness (QED) is 0.227. The van der Waals surface area contributed by atoms with E-state index >= 15 is 0 Å². The SMILES string of the molecule is O=C(N[C@@H](Cc1ccccc1)[C@@H](O)CN[C@H]1CC2(CCC2)Oc2cc(CN3CCCCC3)c(Cl)cc21)c1nc(Cl)ccc1F. The molecular weight excluding hydrogens is 602 g/mol. The summed E-state index contributed by atoms with van der Waals surface area (Å²) in [5.41, 5.74) is 2.36. The molecule has 7 nitrogen and oxygen atoms in total. The van der Waals surface area contributed by atoms with Crippen LogP contribution in [0, 0.1) is 5.82 Å². The summed E-state index contributed by atoms with van der Waals surface area (Å²) in [7, 11) is 0. The van der Waals surface area contributed by atoms with Crippen molar-refractivity contribution in [2.24, 2.45) is 0 Å². The van der Waals surface area contributed by atoms with Gasteiger partial charge in [0, 0.05) is 36.1 Å². The predicted octanol–water partition coefficient (Wildman–Crippen LogP) is 6.25. The van der Waals surface area contributed by atoms with Crippen molar-refractivity contribution in [3.05, 3.63) is 93.0 Å². The van der Waals surface area contributed by atoms with Gasteiger partial charge in [0.05, 0.1) is 12.1 Å². The molecule has 1 amide bonds. The molecule has 2 aromatic carbocycles. The van der Waals surface area contributed by atoms with Crippen LogP contribution in [0.15, 0.2) is 54.6 Å². The van der Waals surface area contributed by atoms with Crippen LogP contribution in [0.2, 0.25) is 10.2 Å². The molecule has 1 saturated carbocycles. The highest BCUT2D eigenvalue weighted by atomic mass is 35.5. The van der Waals surface area contributed by atoms with E-state index in [4.69, 9.17) is 27.9 Å². The monoisotopic (exact) mass is 640 g/mol. The van der Waals surface area contributed by atoms with Crippen LogP contribution >= 0.6 is 23.2 Å². The van der Waals surface area contributed by atoms with Gasteiger partial charge in [-0.2, -0.15) is 0 Å². The number of benzene rings is 2. The minimum atomic E-state index is -0.987. The van der Waals surface area contributed by atoms with Crippen molar-refractivity contribution in [3.63, 3.8) is 0 Å². The number of aliphatic hydroxyl groups excluding tert-OH is 1. The standard InChI is InChI=1S/C34H39Cl2FN4O3/c35-25-18-24-28(19-34(12-7-13-34)44-30(24)17-23(25)21-41-14-5-2-6-15-41)38-20-29(42)27(16-22-8-3-1-4-9-22)39-33(43)32-26(37)10-11-31(36)40-32/h1,3-4,8-11,17-18,27-29,38,42H,2,5-7,12-16,19-21H2,(H,39,43)/t27-,28-,29-/m0/s1. The maximum atomic E-state index is 14.5. The highest BCUT2D eigenvalue weighted by Crippen LogP contribution is 2.50. The number of hydrogen-bond acceptors (Lipinski definition) is 6. The molecule has 234 valence electrons. The summed E-state index contributed by atoms with van der Waals surface area (Å²) >= 11 is 12.8. The Bertz CT molecular complexity index is 1470. The summed E-state index contributed by atoms with van der Waals surface area (Å²) in [5.74, 6) is -0.655. The first-order valence-corrected chi connectivity index (χ1v) is 16.4. The first-order chi connectivity index (χ1) is 21.3. The molecule has 1 saturated heterocycles. The normalized spacial score (nSPS) is 20.7. The van der Waals surface area contributed by atoms with E-state index in [2.05, 4.69) is 26.6 Å². The van der Waals surface area contributed by atoms with E-state index in [1.807, 2.05) is 36.4 Å². The number of amides is 1. The number of hydrogen-bond donors (Lipinski definition) is 3. The molecule has 3 atom stereocenters. The van der Waals surface area contributed by atoms with Gasteiger partial charge in [0.25, 0.3) is 5.91 Å². The van der Waals surface area contributed by atoms with Crippen LogP contribution in [0.25, 0.3) is 0 Å². The van der Waals surface area contributed by atoms with E-state index in [1.165, 1.54) is 25.3 Å². The lowest BCUT2D eigenvalue weighted by atomic mass is 9.73. The number of fused-ring (bicyclic) bond motifs is 1. The van der Waals surface area contributed by atoms with Gasteiger partial charge in [-0.1, -0.05) is 60.0 Å². The Morgan fingerprint density at radius 2 is 1.86 bits per heavy atom. The number of aromatic nitrogens is 1. The Kier molecular flexibility index (Phi) is 9.74. The number of carbonyl (C=O) groups excluding carboxylic acids is 1. The number of pyridine rings is 1. The Labute approximate surface area is 268 Å². The molecule has 44 heavy (non-hydrogen) atoms. The van der Waals surface area contributed by atoms with Crippen LogP contribution in [-0.2, 0) is 13.0 Å². The summed E-state index contributed by atoms with van der Waals surface area (Å²) in [6.07, 6.45) is 6.93. The van der Waals surface area contributed by atoms with Gasteiger partial charge in [-0.3, -0.25) is 9.69 Å². The van der Waals surface area contributed by atoms with Gasteiger partial charge in [0.1, 0.15) is 16.5 Å². The third-order valence-electron chi connectivity index (χ3n) is 9.24. The number of halogens is 3. The zero-order chi connectivity index (χ0) is 30.7. The molecule has 2 fully saturated rings. The number of aliphatic hydroxyl groups is 1. The molecule has 0 unspecified atom stereocenters. The average Bonchev–Trinajstić information content (AvgIpc) is 3.01. The molecule has 1 aromatic heterocycles. The van der Waals surface area contributed by atoms with Crippen LogP contribution < -0.4 is 15.4 Å². The van der Waals surface area contributed by atoms with Crippen LogP contribution in [-0.4, -0.2) is 58.3 Å². The van der Waals surface area contributed by atoms with Gasteiger partial charge in [0.2, 0.25) is 0 Å². The van der Waals surface area contributed by atoms with Gasteiger partial charge in [-0.15, -0.1) is 0 Å². The molecule has 1 aliphatic carbocycles. The Morgan fingerprint density at radius 1 is 1.09 bits per heavy atom. The Hall–Kier alpha value is -2.75. The van der Waals surface area contributed by atoms with Crippen molar-refractivity contribution in [2.75, 3.05) is 19.6 Å². The molecule has 6 rings (SSSR count). The molecular formula is C34H39Cl2FN4O3. The summed E-state index contributed by atoms with van der Waals surface area (Å²) < 4.78 is 21.1. The van der Waals surface area contributed by atoms with Gasteiger partial charge >= 0.3 is 0 Å². The lowest BCUT2D eigenvalue weighted by Gasteiger charge is -2.48. The van der Waals surface area contributed by atoms with E-state index in [0.29, 0.717) is 6.42 Å². The van der Waals surface area contributed by atoms with Crippen LogP contribution in [0.5, 0.6) is 5.75 Å². The highest BCUT2D eigenvalue weighted by molar-refractivity contribution is 6.31. The number of rotatable bonds is 10. The third kappa shape index (κ3) is 7.21. The van der Waals surface area contributed by atoms with Gasteiger partial charge in [0.15, 0.2) is 11.5 Å². The number of nitrogens with one attached hydrogen (secondary N) is 2. The van der Waals surface area contributed by atoms with Gasteiger partial charge < -0.3 is 20.5 Å². The van der Waals surface area contributed by atoms with E-state index in [-0.39, 0.29) is 23.3 Å². The number of carbonyl (C=O) groups is 1. The molecule has 3 aromatic rings. The van der Waals surface area contributed by atoms with Crippen LogP contribution in [0.3, 0.4) is 0 Å². The van der Waals surface area contributed by atoms with Crippen LogP contribution in [0.4, 0.5) is 4.39 Å². The topological polar surface area (TPSA) is 86.7 Å². The predicted molar refractivity (Wildman–Crippen MR) is 170 cm³/mol. The van der Waals surface area contributed by atoms with Crippen molar-refractivity contribution in [2.45, 2.75) is 81.7 Å². The van der Waals surface area contributed by atoms with Crippen molar-refractivity contribution >= 4 is 29.1 Å². The molecule has 1 spiro atoms. The Balaban J connectivity index is 1.20. The number of nitrogens with zero attached hydrogens (tertiary/aromatic N) is 2. The first-order valence-electron chi connectivity index (χ1n) is 15.6. The van der Waals surface area contributed by atoms with Crippen molar-refractivity contribution in [1.29, 1.82) is 0 Å². The average molecular weight is 642 g/mol. The number of ether oxygens (including phenoxy) is 1. The molecule has 0 radical (unpaired) electrons. The van der Waals surface area contributed by atoms with E-state index < -0.39 is 29.6 Å². The van der Waals surface area contributed by atoms with Gasteiger partial charge in [-0.05, 0) is 87.0 Å². The summed E-state index contributed by atoms with van der Waals surface area (Å²) in [5, 5.41) is 18.6. The number of likely N-dealkylation sites (tertiary alicyclic amines) is 1. The second-order valence-corrected chi connectivity index (χ2v) is 13.2. The summed E-state index contributed by atoms with van der Waals surface area (Å²) in [6, 6.07) is 15.3. The van der Waals surface area contributed by atoms with Gasteiger partial charge in [-0.25, -0.2) is 9.37 Å². The Morgan fingerprint density at radius 3 is 2.59 bits per heavy atom. The highest BCUT2D eigenvalue weighted by Gasteiger charge is 2.46. The summed E-state index contributed by atoms with van der Waals surface area (Å²) in [4.78, 5) is 19.4. The fraction of sp³-hybridized carbons (Fsp3) is 0.471. The molecule has 0 bridgehead atoms. The maximum absolute atomic E-state index is 14.5. The zero-order valence-electron chi connectivity index (χ0n) is 24.7. The lowest BCUT2D eigenvalue weighted by molar-refractivity contribution is -0.0382. The molecule has 2 aliphatic heterocycles. The maximum Gasteiger partial charge on any atom is 0.273 e. The molecule has 3 aliphatic rings. The fourth-order valence-corrected chi connectivity index (χ4v) is 7.02. The van der Waals surface area contributed by atoms with Crippen molar-refractivity contribution < 1.29 is 19.0 Å². The van der Waals surface area contributed by atoms with Crippen molar-refractivity contribution in [3.8, 4) is 5.75 Å². The summed E-state index contributed by atoms with van der Waals surface area (Å²) in [6.45, 7) is 3.17. The second kappa shape index (κ2) is 13.7. The minimum Gasteiger partial charge on any atom is -0.487 e. The second-order valence-electron chi connectivity index (χ2n) is 12.4.